The fourth-order valence-corrected chi connectivity index (χ4v) is 2.46. The van der Waals surface area contributed by atoms with Gasteiger partial charge in [-0.2, -0.15) is 0 Å². The Morgan fingerprint density at radius 3 is 2.36 bits per heavy atom. The summed E-state index contributed by atoms with van der Waals surface area (Å²) >= 11 is 0. The Bertz CT molecular complexity index is 707. The molecule has 4 nitrogen and oxygen atoms in total. The first-order chi connectivity index (χ1) is 12.1. The number of esters is 1. The van der Waals surface area contributed by atoms with Crippen molar-refractivity contribution in [2.24, 2.45) is 0 Å². The van der Waals surface area contributed by atoms with Crippen molar-refractivity contribution in [3.63, 3.8) is 0 Å². The summed E-state index contributed by atoms with van der Waals surface area (Å²) in [7, 11) is 0. The van der Waals surface area contributed by atoms with Crippen molar-refractivity contribution < 1.29 is 14.3 Å². The van der Waals surface area contributed by atoms with Crippen LogP contribution in [0.4, 0.5) is 0 Å². The molecule has 0 bridgehead atoms. The smallest absolute Gasteiger partial charge is 0.306 e. The Morgan fingerprint density at radius 2 is 1.68 bits per heavy atom. The van der Waals surface area contributed by atoms with E-state index < -0.39 is 0 Å². The average Bonchev–Trinajstić information content (AvgIpc) is 2.64. The van der Waals surface area contributed by atoms with Gasteiger partial charge < -0.3 is 10.1 Å². The lowest BCUT2D eigenvalue weighted by Gasteiger charge is -2.08. The second kappa shape index (κ2) is 9.62. The van der Waals surface area contributed by atoms with Gasteiger partial charge in [0.25, 0.3) is 5.91 Å². The SMILES string of the molecule is CCc1ccc(CCC(=O)OCC(=O)NCc2ccccc2C)cc1. The lowest BCUT2D eigenvalue weighted by Crippen LogP contribution is -2.28. The molecule has 2 aromatic rings. The zero-order valence-electron chi connectivity index (χ0n) is 14.9. The molecule has 0 saturated heterocycles. The predicted molar refractivity (Wildman–Crippen MR) is 98.1 cm³/mol. The number of hydrogen-bond donors (Lipinski definition) is 1. The minimum atomic E-state index is -0.356. The van der Waals surface area contributed by atoms with Crippen molar-refractivity contribution in [2.45, 2.75) is 39.7 Å². The molecule has 0 aliphatic rings. The molecular formula is C21H25NO3. The van der Waals surface area contributed by atoms with Gasteiger partial charge in [-0.15, -0.1) is 0 Å². The lowest BCUT2D eigenvalue weighted by atomic mass is 10.1. The Labute approximate surface area is 149 Å². The number of rotatable bonds is 8. The summed E-state index contributed by atoms with van der Waals surface area (Å²) in [6.07, 6.45) is 1.89. The van der Waals surface area contributed by atoms with E-state index in [4.69, 9.17) is 4.74 Å². The molecular weight excluding hydrogens is 314 g/mol. The fourth-order valence-electron chi connectivity index (χ4n) is 2.46. The molecule has 1 N–H and O–H groups in total. The van der Waals surface area contributed by atoms with Gasteiger partial charge in [0.2, 0.25) is 0 Å². The molecule has 0 atom stereocenters. The van der Waals surface area contributed by atoms with E-state index in [-0.39, 0.29) is 24.9 Å². The molecule has 0 unspecified atom stereocenters. The van der Waals surface area contributed by atoms with Gasteiger partial charge in [-0.25, -0.2) is 0 Å². The molecule has 0 spiro atoms. The van der Waals surface area contributed by atoms with Gasteiger partial charge in [0.05, 0.1) is 0 Å². The summed E-state index contributed by atoms with van der Waals surface area (Å²) in [5.74, 6) is -0.644. The molecule has 2 aromatic carbocycles. The average molecular weight is 339 g/mol. The van der Waals surface area contributed by atoms with Crippen LogP contribution in [0.25, 0.3) is 0 Å². The van der Waals surface area contributed by atoms with Crippen molar-refractivity contribution in [3.05, 3.63) is 70.8 Å². The maximum absolute atomic E-state index is 11.8. The van der Waals surface area contributed by atoms with E-state index in [1.54, 1.807) is 0 Å². The van der Waals surface area contributed by atoms with Gasteiger partial charge in [-0.3, -0.25) is 9.59 Å². The maximum atomic E-state index is 11.8. The number of nitrogens with one attached hydrogen (secondary N) is 1. The van der Waals surface area contributed by atoms with Crippen LogP contribution >= 0.6 is 0 Å². The summed E-state index contributed by atoms with van der Waals surface area (Å²) in [5.41, 5.74) is 4.54. The standard InChI is InChI=1S/C21H25NO3/c1-3-17-8-10-18(11-9-17)12-13-21(24)25-15-20(23)22-14-19-7-5-4-6-16(19)2/h4-11H,3,12-15H2,1-2H3,(H,22,23). The fraction of sp³-hybridized carbons (Fsp3) is 0.333. The minimum Gasteiger partial charge on any atom is -0.456 e. The molecule has 0 radical (unpaired) electrons. The van der Waals surface area contributed by atoms with Crippen molar-refractivity contribution in [3.8, 4) is 0 Å². The number of amides is 1. The van der Waals surface area contributed by atoms with Crippen molar-refractivity contribution in [1.29, 1.82) is 0 Å². The monoisotopic (exact) mass is 339 g/mol. The first kappa shape index (κ1) is 18.7. The number of carbonyl (C=O) groups is 2. The molecule has 0 aromatic heterocycles. The van der Waals surface area contributed by atoms with Crippen LogP contribution in [0.1, 0.15) is 35.6 Å². The van der Waals surface area contributed by atoms with E-state index in [9.17, 15) is 9.59 Å². The largest absolute Gasteiger partial charge is 0.456 e. The summed E-state index contributed by atoms with van der Waals surface area (Å²) < 4.78 is 5.04. The minimum absolute atomic E-state index is 0.237. The molecule has 25 heavy (non-hydrogen) atoms. The van der Waals surface area contributed by atoms with Gasteiger partial charge in [-0.1, -0.05) is 55.5 Å². The molecule has 0 saturated carbocycles. The third kappa shape index (κ3) is 6.42. The van der Waals surface area contributed by atoms with E-state index in [1.165, 1.54) is 5.56 Å². The Kier molecular flexibility index (Phi) is 7.20. The molecule has 0 fully saturated rings. The van der Waals surface area contributed by atoms with Crippen LogP contribution in [0, 0.1) is 6.92 Å². The summed E-state index contributed by atoms with van der Waals surface area (Å²) in [4.78, 5) is 23.6. The highest BCUT2D eigenvalue weighted by molar-refractivity contribution is 5.80. The Morgan fingerprint density at radius 1 is 1.00 bits per heavy atom. The number of ether oxygens (including phenoxy) is 1. The van der Waals surface area contributed by atoms with E-state index in [0.29, 0.717) is 13.0 Å². The molecule has 0 aliphatic heterocycles. The van der Waals surface area contributed by atoms with Gasteiger partial charge in [0.15, 0.2) is 6.61 Å². The molecule has 4 heteroatoms. The quantitative estimate of drug-likeness (QED) is 0.751. The number of benzene rings is 2. The predicted octanol–water partition coefficient (Wildman–Crippen LogP) is 3.35. The zero-order chi connectivity index (χ0) is 18.1. The first-order valence-electron chi connectivity index (χ1n) is 8.63. The molecule has 0 heterocycles. The number of hydrogen-bond acceptors (Lipinski definition) is 3. The highest BCUT2D eigenvalue weighted by Gasteiger charge is 2.08. The number of carbonyl (C=O) groups excluding carboxylic acids is 2. The Balaban J connectivity index is 1.66. The van der Waals surface area contributed by atoms with Crippen LogP contribution in [0.5, 0.6) is 0 Å². The first-order valence-corrected chi connectivity index (χ1v) is 8.63. The second-order valence-electron chi connectivity index (χ2n) is 6.03. The topological polar surface area (TPSA) is 55.4 Å². The summed E-state index contributed by atoms with van der Waals surface area (Å²) in [5, 5.41) is 2.77. The second-order valence-corrected chi connectivity index (χ2v) is 6.03. The van der Waals surface area contributed by atoms with Crippen LogP contribution in [0.15, 0.2) is 48.5 Å². The highest BCUT2D eigenvalue weighted by Crippen LogP contribution is 2.08. The lowest BCUT2D eigenvalue weighted by molar-refractivity contribution is -0.148. The summed E-state index contributed by atoms with van der Waals surface area (Å²) in [6.45, 7) is 4.30. The van der Waals surface area contributed by atoms with Crippen LogP contribution < -0.4 is 5.32 Å². The van der Waals surface area contributed by atoms with Gasteiger partial charge in [0.1, 0.15) is 0 Å². The van der Waals surface area contributed by atoms with E-state index >= 15 is 0 Å². The highest BCUT2D eigenvalue weighted by atomic mass is 16.5. The third-order valence-electron chi connectivity index (χ3n) is 4.15. The van der Waals surface area contributed by atoms with Gasteiger partial charge >= 0.3 is 5.97 Å². The Hall–Kier alpha value is -2.62. The molecule has 1 amide bonds. The van der Waals surface area contributed by atoms with Crippen LogP contribution in [-0.2, 0) is 33.7 Å². The zero-order valence-corrected chi connectivity index (χ0v) is 14.9. The van der Waals surface area contributed by atoms with Crippen molar-refractivity contribution >= 4 is 11.9 Å². The van der Waals surface area contributed by atoms with E-state index in [1.807, 2.05) is 43.3 Å². The molecule has 2 rings (SSSR count). The van der Waals surface area contributed by atoms with Crippen molar-refractivity contribution in [2.75, 3.05) is 6.61 Å². The molecule has 0 aliphatic carbocycles. The van der Waals surface area contributed by atoms with Crippen LogP contribution in [0.3, 0.4) is 0 Å². The third-order valence-corrected chi connectivity index (χ3v) is 4.15. The van der Waals surface area contributed by atoms with Crippen molar-refractivity contribution in [1.82, 2.24) is 5.32 Å². The van der Waals surface area contributed by atoms with E-state index in [0.717, 1.165) is 23.1 Å². The number of aryl methyl sites for hydroxylation is 3. The van der Waals surface area contributed by atoms with Gasteiger partial charge in [0, 0.05) is 13.0 Å². The summed E-state index contributed by atoms with van der Waals surface area (Å²) in [6, 6.07) is 16.0. The van der Waals surface area contributed by atoms with Gasteiger partial charge in [-0.05, 0) is 42.0 Å². The normalized spacial score (nSPS) is 10.3. The van der Waals surface area contributed by atoms with E-state index in [2.05, 4.69) is 24.4 Å². The maximum Gasteiger partial charge on any atom is 0.306 e. The van der Waals surface area contributed by atoms with Crippen LogP contribution in [0.2, 0.25) is 0 Å². The van der Waals surface area contributed by atoms with Crippen LogP contribution in [-0.4, -0.2) is 18.5 Å². The molecule has 132 valence electrons.